The highest BCUT2D eigenvalue weighted by atomic mass is 35.5. The number of alkyl halides is 2. The minimum absolute atomic E-state index is 0.295. The number of carbonyl (C=O) groups excluding carboxylic acids is 1. The van der Waals surface area contributed by atoms with Crippen molar-refractivity contribution in [2.24, 2.45) is 0 Å². The maximum atomic E-state index is 12.0. The molecule has 3 nitrogen and oxygen atoms in total. The summed E-state index contributed by atoms with van der Waals surface area (Å²) in [6, 6.07) is 9.04. The first-order chi connectivity index (χ1) is 8.74. The third-order valence-corrected chi connectivity index (χ3v) is 2.99. The Morgan fingerprint density at radius 1 is 1.22 bits per heavy atom. The van der Waals surface area contributed by atoms with Crippen molar-refractivity contribution in [3.63, 3.8) is 0 Å². The van der Waals surface area contributed by atoms with Crippen LogP contribution in [0.15, 0.2) is 30.3 Å². The van der Waals surface area contributed by atoms with Crippen LogP contribution < -0.4 is 0 Å². The van der Waals surface area contributed by atoms with Crippen LogP contribution in [0.4, 0.5) is 0 Å². The molecule has 0 fully saturated rings. The van der Waals surface area contributed by atoms with Gasteiger partial charge < -0.3 is 4.74 Å². The maximum Gasteiger partial charge on any atom is 0.327 e. The van der Waals surface area contributed by atoms with Crippen LogP contribution in [0.5, 0.6) is 0 Å². The Kier molecular flexibility index (Phi) is 7.09. The first-order valence-electron chi connectivity index (χ1n) is 5.73. The Hall–Kier alpha value is -0.770. The van der Waals surface area contributed by atoms with Crippen LogP contribution in [0.2, 0.25) is 0 Å². The van der Waals surface area contributed by atoms with Crippen LogP contribution >= 0.6 is 23.2 Å². The molecular formula is C13H17Cl2NO2. The fourth-order valence-corrected chi connectivity index (χ4v) is 2.26. The number of benzene rings is 1. The van der Waals surface area contributed by atoms with Crippen molar-refractivity contribution in [1.29, 1.82) is 0 Å². The third kappa shape index (κ3) is 4.16. The standard InChI is InChI=1S/C13H17Cl2NO2/c1-18-13(17)12(11-5-3-2-4-6-11)16(9-7-14)10-8-15/h2-6,12H,7-10H2,1H3. The lowest BCUT2D eigenvalue weighted by Crippen LogP contribution is -2.37. The summed E-state index contributed by atoms with van der Waals surface area (Å²) in [6.45, 7) is 1.17. The molecule has 0 radical (unpaired) electrons. The van der Waals surface area contributed by atoms with Crippen LogP contribution in [0, 0.1) is 0 Å². The Morgan fingerprint density at radius 2 is 1.78 bits per heavy atom. The van der Waals surface area contributed by atoms with E-state index in [9.17, 15) is 4.79 Å². The molecule has 18 heavy (non-hydrogen) atoms. The molecule has 0 saturated heterocycles. The molecule has 0 heterocycles. The van der Waals surface area contributed by atoms with Gasteiger partial charge in [-0.1, -0.05) is 30.3 Å². The van der Waals surface area contributed by atoms with Crippen molar-refractivity contribution in [2.75, 3.05) is 32.0 Å². The minimum atomic E-state index is -0.450. The van der Waals surface area contributed by atoms with Gasteiger partial charge in [-0.2, -0.15) is 0 Å². The summed E-state index contributed by atoms with van der Waals surface area (Å²) >= 11 is 11.5. The van der Waals surface area contributed by atoms with Gasteiger partial charge in [-0.05, 0) is 5.56 Å². The van der Waals surface area contributed by atoms with E-state index in [1.807, 2.05) is 35.2 Å². The smallest absolute Gasteiger partial charge is 0.327 e. The molecule has 1 atom stereocenters. The van der Waals surface area contributed by atoms with Crippen LogP contribution in [0.1, 0.15) is 11.6 Å². The van der Waals surface area contributed by atoms with E-state index in [0.29, 0.717) is 24.8 Å². The van der Waals surface area contributed by atoms with E-state index in [1.165, 1.54) is 7.11 Å². The third-order valence-electron chi connectivity index (χ3n) is 2.65. The molecule has 1 aromatic rings. The highest BCUT2D eigenvalue weighted by Crippen LogP contribution is 2.22. The fourth-order valence-electron chi connectivity index (χ4n) is 1.83. The van der Waals surface area contributed by atoms with E-state index < -0.39 is 6.04 Å². The molecule has 1 aromatic carbocycles. The number of halogens is 2. The van der Waals surface area contributed by atoms with Gasteiger partial charge in [0.1, 0.15) is 6.04 Å². The summed E-state index contributed by atoms with van der Waals surface area (Å²) in [6.07, 6.45) is 0. The first kappa shape index (κ1) is 15.3. The lowest BCUT2D eigenvalue weighted by Gasteiger charge is -2.28. The number of rotatable bonds is 7. The lowest BCUT2D eigenvalue weighted by molar-refractivity contribution is -0.147. The Morgan fingerprint density at radius 3 is 2.22 bits per heavy atom. The Balaban J connectivity index is 2.99. The molecule has 0 bridgehead atoms. The fraction of sp³-hybridized carbons (Fsp3) is 0.462. The van der Waals surface area contributed by atoms with Crippen LogP contribution in [-0.2, 0) is 9.53 Å². The molecule has 1 rings (SSSR count). The van der Waals surface area contributed by atoms with E-state index in [2.05, 4.69) is 0 Å². The molecule has 0 aliphatic carbocycles. The second-order valence-electron chi connectivity index (χ2n) is 3.75. The predicted molar refractivity (Wildman–Crippen MR) is 74.2 cm³/mol. The normalized spacial score (nSPS) is 12.4. The Bertz CT molecular complexity index is 353. The molecule has 0 saturated carbocycles. The molecular weight excluding hydrogens is 273 g/mol. The molecule has 100 valence electrons. The van der Waals surface area contributed by atoms with Gasteiger partial charge in [-0.25, -0.2) is 4.79 Å². The second kappa shape index (κ2) is 8.35. The number of esters is 1. The summed E-state index contributed by atoms with van der Waals surface area (Å²) in [4.78, 5) is 13.9. The van der Waals surface area contributed by atoms with Crippen molar-refractivity contribution < 1.29 is 9.53 Å². The van der Waals surface area contributed by atoms with Crippen molar-refractivity contribution >= 4 is 29.2 Å². The van der Waals surface area contributed by atoms with Gasteiger partial charge in [-0.3, -0.25) is 4.90 Å². The average Bonchev–Trinajstić information content (AvgIpc) is 2.40. The van der Waals surface area contributed by atoms with Crippen LogP contribution in [0.25, 0.3) is 0 Å². The molecule has 1 unspecified atom stereocenters. The summed E-state index contributed by atoms with van der Waals surface area (Å²) in [5.74, 6) is 0.588. The molecule has 0 spiro atoms. The zero-order valence-corrected chi connectivity index (χ0v) is 11.8. The van der Waals surface area contributed by atoms with Crippen molar-refractivity contribution in [1.82, 2.24) is 4.90 Å². The van der Waals surface area contributed by atoms with Gasteiger partial charge in [0.25, 0.3) is 0 Å². The Labute approximate surface area is 118 Å². The highest BCUT2D eigenvalue weighted by molar-refractivity contribution is 6.18. The van der Waals surface area contributed by atoms with Gasteiger partial charge in [0.15, 0.2) is 0 Å². The SMILES string of the molecule is COC(=O)C(c1ccccc1)N(CCCl)CCCl. The molecule has 0 aliphatic heterocycles. The minimum Gasteiger partial charge on any atom is -0.468 e. The number of methoxy groups -OCH3 is 1. The molecule has 0 aliphatic rings. The van der Waals surface area contributed by atoms with Crippen molar-refractivity contribution in [3.8, 4) is 0 Å². The van der Waals surface area contributed by atoms with Gasteiger partial charge in [0.05, 0.1) is 7.11 Å². The zero-order chi connectivity index (χ0) is 13.4. The molecule has 0 N–H and O–H groups in total. The first-order valence-corrected chi connectivity index (χ1v) is 6.80. The number of hydrogen-bond donors (Lipinski definition) is 0. The topological polar surface area (TPSA) is 29.5 Å². The van der Waals surface area contributed by atoms with Crippen LogP contribution in [0.3, 0.4) is 0 Å². The monoisotopic (exact) mass is 289 g/mol. The number of nitrogens with zero attached hydrogens (tertiary/aromatic N) is 1. The summed E-state index contributed by atoms with van der Waals surface area (Å²) in [5, 5.41) is 0. The van der Waals surface area contributed by atoms with E-state index in [4.69, 9.17) is 27.9 Å². The number of hydrogen-bond acceptors (Lipinski definition) is 3. The van der Waals surface area contributed by atoms with E-state index in [1.54, 1.807) is 0 Å². The van der Waals surface area contributed by atoms with Gasteiger partial charge in [0, 0.05) is 24.8 Å². The van der Waals surface area contributed by atoms with E-state index >= 15 is 0 Å². The largest absolute Gasteiger partial charge is 0.468 e. The highest BCUT2D eigenvalue weighted by Gasteiger charge is 2.27. The van der Waals surface area contributed by atoms with E-state index in [-0.39, 0.29) is 5.97 Å². The van der Waals surface area contributed by atoms with Crippen molar-refractivity contribution in [2.45, 2.75) is 6.04 Å². The van der Waals surface area contributed by atoms with Gasteiger partial charge in [0.2, 0.25) is 0 Å². The average molecular weight is 290 g/mol. The lowest BCUT2D eigenvalue weighted by atomic mass is 10.1. The number of ether oxygens (including phenoxy) is 1. The molecule has 0 amide bonds. The molecule has 0 aromatic heterocycles. The van der Waals surface area contributed by atoms with E-state index in [0.717, 1.165) is 5.56 Å². The van der Waals surface area contributed by atoms with Crippen LogP contribution in [-0.4, -0.2) is 42.8 Å². The predicted octanol–water partition coefficient (Wildman–Crippen LogP) is 2.68. The zero-order valence-electron chi connectivity index (χ0n) is 10.3. The quantitative estimate of drug-likeness (QED) is 0.571. The summed E-state index contributed by atoms with van der Waals surface area (Å²) in [5.41, 5.74) is 0.889. The summed E-state index contributed by atoms with van der Waals surface area (Å²) in [7, 11) is 1.39. The van der Waals surface area contributed by atoms with Gasteiger partial charge in [-0.15, -0.1) is 23.2 Å². The second-order valence-corrected chi connectivity index (χ2v) is 4.51. The maximum absolute atomic E-state index is 12.0. The van der Waals surface area contributed by atoms with Crippen molar-refractivity contribution in [3.05, 3.63) is 35.9 Å². The molecule has 5 heteroatoms. The summed E-state index contributed by atoms with van der Waals surface area (Å²) < 4.78 is 4.87. The number of carbonyl (C=O) groups is 1. The van der Waals surface area contributed by atoms with Gasteiger partial charge >= 0.3 is 5.97 Å².